The van der Waals surface area contributed by atoms with Crippen molar-refractivity contribution < 1.29 is 4.74 Å². The maximum absolute atomic E-state index is 5.94. The Morgan fingerprint density at radius 1 is 1.33 bits per heavy atom. The van der Waals surface area contributed by atoms with Crippen LogP contribution in [0.15, 0.2) is 24.9 Å². The predicted molar refractivity (Wildman–Crippen MR) is 80.9 cm³/mol. The van der Waals surface area contributed by atoms with E-state index in [0.717, 1.165) is 56.8 Å². The highest BCUT2D eigenvalue weighted by Crippen LogP contribution is 2.18. The first-order chi connectivity index (χ1) is 10.3. The van der Waals surface area contributed by atoms with Crippen molar-refractivity contribution in [3.8, 4) is 11.3 Å². The summed E-state index contributed by atoms with van der Waals surface area (Å²) in [5.74, 6) is 0. The molecule has 0 aromatic carbocycles. The van der Waals surface area contributed by atoms with Crippen molar-refractivity contribution in [2.45, 2.75) is 31.9 Å². The first kappa shape index (κ1) is 14.3. The molecule has 0 saturated carbocycles. The second-order valence-electron chi connectivity index (χ2n) is 5.55. The second-order valence-corrected chi connectivity index (χ2v) is 5.55. The van der Waals surface area contributed by atoms with Gasteiger partial charge >= 0.3 is 0 Å². The number of ether oxygens (including phenoxy) is 1. The fourth-order valence-corrected chi connectivity index (χ4v) is 2.74. The van der Waals surface area contributed by atoms with Gasteiger partial charge in [0, 0.05) is 32.0 Å². The molecule has 3 heterocycles. The minimum Gasteiger partial charge on any atom is -0.378 e. The Bertz CT molecular complexity index is 556. The third-order valence-corrected chi connectivity index (χ3v) is 3.90. The van der Waals surface area contributed by atoms with Crippen LogP contribution in [0.3, 0.4) is 0 Å². The van der Waals surface area contributed by atoms with Crippen LogP contribution in [0, 0.1) is 0 Å². The van der Waals surface area contributed by atoms with Gasteiger partial charge in [0.1, 0.15) is 0 Å². The fraction of sp³-hybridized carbons (Fsp3) is 0.600. The van der Waals surface area contributed by atoms with E-state index in [9.17, 15) is 0 Å². The Labute approximate surface area is 125 Å². The molecule has 1 aliphatic heterocycles. The molecule has 0 spiro atoms. The van der Waals surface area contributed by atoms with Crippen LogP contribution in [0.2, 0.25) is 0 Å². The number of piperidine rings is 1. The van der Waals surface area contributed by atoms with Crippen LogP contribution in [0.25, 0.3) is 11.3 Å². The van der Waals surface area contributed by atoms with E-state index in [1.54, 1.807) is 0 Å². The summed E-state index contributed by atoms with van der Waals surface area (Å²) in [7, 11) is 1.93. The van der Waals surface area contributed by atoms with E-state index in [1.807, 2.05) is 36.6 Å². The number of nitrogens with one attached hydrogen (secondary N) is 1. The molecule has 3 rings (SSSR count). The largest absolute Gasteiger partial charge is 0.378 e. The highest BCUT2D eigenvalue weighted by Gasteiger charge is 2.13. The van der Waals surface area contributed by atoms with Crippen molar-refractivity contribution in [3.05, 3.63) is 24.9 Å². The van der Waals surface area contributed by atoms with Crippen LogP contribution in [-0.2, 0) is 18.3 Å². The van der Waals surface area contributed by atoms with Gasteiger partial charge in [-0.15, -0.1) is 0 Å². The topological polar surface area (TPSA) is 56.9 Å². The number of aromatic nitrogens is 4. The molecule has 6 heteroatoms. The Morgan fingerprint density at radius 2 is 2.19 bits per heavy atom. The molecule has 0 bridgehead atoms. The minimum absolute atomic E-state index is 0.437. The summed E-state index contributed by atoms with van der Waals surface area (Å²) in [4.78, 5) is 4.25. The van der Waals surface area contributed by atoms with Crippen LogP contribution >= 0.6 is 0 Å². The van der Waals surface area contributed by atoms with Crippen molar-refractivity contribution in [1.29, 1.82) is 0 Å². The van der Waals surface area contributed by atoms with Crippen molar-refractivity contribution in [3.63, 3.8) is 0 Å². The number of nitrogens with zero attached hydrogens (tertiary/aromatic N) is 4. The Kier molecular flexibility index (Phi) is 4.67. The number of imidazole rings is 1. The highest BCUT2D eigenvalue weighted by molar-refractivity contribution is 5.56. The molecular formula is C15H23N5O. The quantitative estimate of drug-likeness (QED) is 0.818. The van der Waals surface area contributed by atoms with Gasteiger partial charge in [0.25, 0.3) is 0 Å². The van der Waals surface area contributed by atoms with E-state index in [2.05, 4.69) is 20.0 Å². The van der Waals surface area contributed by atoms with Crippen molar-refractivity contribution >= 4 is 0 Å². The maximum atomic E-state index is 5.94. The van der Waals surface area contributed by atoms with Crippen molar-refractivity contribution in [1.82, 2.24) is 24.6 Å². The first-order valence-corrected chi connectivity index (χ1v) is 7.64. The Balaban J connectivity index is 1.48. The molecule has 0 aliphatic carbocycles. The van der Waals surface area contributed by atoms with Crippen LogP contribution in [-0.4, -0.2) is 45.1 Å². The van der Waals surface area contributed by atoms with Gasteiger partial charge in [0.2, 0.25) is 0 Å². The average Bonchev–Trinajstić information content (AvgIpc) is 3.13. The summed E-state index contributed by atoms with van der Waals surface area (Å²) in [6, 6.07) is 0. The molecule has 0 unspecified atom stereocenters. The molecule has 114 valence electrons. The van der Waals surface area contributed by atoms with E-state index in [1.165, 1.54) is 0 Å². The van der Waals surface area contributed by atoms with E-state index in [4.69, 9.17) is 4.74 Å². The minimum atomic E-state index is 0.437. The zero-order chi connectivity index (χ0) is 14.5. The lowest BCUT2D eigenvalue weighted by Gasteiger charge is -2.23. The second kappa shape index (κ2) is 6.87. The summed E-state index contributed by atoms with van der Waals surface area (Å²) >= 11 is 0. The molecule has 2 aromatic rings. The molecule has 1 fully saturated rings. The van der Waals surface area contributed by atoms with Crippen LogP contribution in [0.1, 0.15) is 19.3 Å². The summed E-state index contributed by atoms with van der Waals surface area (Å²) in [5, 5.41) is 7.57. The lowest BCUT2D eigenvalue weighted by Crippen LogP contribution is -2.32. The normalized spacial score (nSPS) is 16.4. The first-order valence-electron chi connectivity index (χ1n) is 7.64. The summed E-state index contributed by atoms with van der Waals surface area (Å²) in [6.45, 7) is 3.90. The molecule has 1 aliphatic rings. The smallest absolute Gasteiger partial charge is 0.0950 e. The number of hydrogen-bond acceptors (Lipinski definition) is 4. The molecule has 0 atom stereocenters. The van der Waals surface area contributed by atoms with E-state index < -0.39 is 0 Å². The van der Waals surface area contributed by atoms with Gasteiger partial charge in [-0.2, -0.15) is 5.10 Å². The zero-order valence-corrected chi connectivity index (χ0v) is 12.5. The zero-order valence-electron chi connectivity index (χ0n) is 12.5. The lowest BCUT2D eigenvalue weighted by atomic mass is 10.1. The summed E-state index contributed by atoms with van der Waals surface area (Å²) in [6.07, 6.45) is 11.4. The van der Waals surface area contributed by atoms with Crippen LogP contribution < -0.4 is 5.32 Å². The third kappa shape index (κ3) is 3.71. The van der Waals surface area contributed by atoms with E-state index in [-0.39, 0.29) is 0 Å². The molecule has 0 radical (unpaired) electrons. The van der Waals surface area contributed by atoms with Gasteiger partial charge in [-0.25, -0.2) is 4.98 Å². The fourth-order valence-electron chi connectivity index (χ4n) is 2.74. The molecule has 1 saturated heterocycles. The lowest BCUT2D eigenvalue weighted by molar-refractivity contribution is 0.0302. The molecule has 1 N–H and O–H groups in total. The molecule has 2 aromatic heterocycles. The van der Waals surface area contributed by atoms with Crippen molar-refractivity contribution in [2.75, 3.05) is 19.7 Å². The monoisotopic (exact) mass is 289 g/mol. The van der Waals surface area contributed by atoms with E-state index >= 15 is 0 Å². The van der Waals surface area contributed by atoms with Crippen LogP contribution in [0.4, 0.5) is 0 Å². The SMILES string of the molecule is Cn1cc(-c2cncn2CCCOC2CCNCC2)cn1. The maximum Gasteiger partial charge on any atom is 0.0950 e. The van der Waals surface area contributed by atoms with Gasteiger partial charge in [-0.3, -0.25) is 4.68 Å². The number of hydrogen-bond donors (Lipinski definition) is 1. The van der Waals surface area contributed by atoms with Crippen LogP contribution in [0.5, 0.6) is 0 Å². The Morgan fingerprint density at radius 3 is 2.95 bits per heavy atom. The summed E-state index contributed by atoms with van der Waals surface area (Å²) in [5.41, 5.74) is 2.22. The molecule has 6 nitrogen and oxygen atoms in total. The standard InChI is InChI=1S/C15H23N5O/c1-19-11-13(9-18-19)15-10-17-12-20(15)7-2-8-21-14-3-5-16-6-4-14/h9-12,14,16H,2-8H2,1H3. The molecule has 0 amide bonds. The van der Waals surface area contributed by atoms with Gasteiger partial charge < -0.3 is 14.6 Å². The summed E-state index contributed by atoms with van der Waals surface area (Å²) < 4.78 is 9.92. The molecule has 21 heavy (non-hydrogen) atoms. The van der Waals surface area contributed by atoms with Gasteiger partial charge in [0.15, 0.2) is 0 Å². The number of rotatable bonds is 6. The predicted octanol–water partition coefficient (Wildman–Crippen LogP) is 1.44. The number of aryl methyl sites for hydroxylation is 2. The van der Waals surface area contributed by atoms with Crippen molar-refractivity contribution in [2.24, 2.45) is 7.05 Å². The molecular weight excluding hydrogens is 266 g/mol. The van der Waals surface area contributed by atoms with E-state index in [0.29, 0.717) is 6.10 Å². The third-order valence-electron chi connectivity index (χ3n) is 3.90. The Hall–Kier alpha value is -1.66. The van der Waals surface area contributed by atoms with Gasteiger partial charge in [0.05, 0.1) is 30.5 Å². The highest BCUT2D eigenvalue weighted by atomic mass is 16.5. The average molecular weight is 289 g/mol. The van der Waals surface area contributed by atoms with Gasteiger partial charge in [-0.05, 0) is 32.4 Å². The van der Waals surface area contributed by atoms with Gasteiger partial charge in [-0.1, -0.05) is 0 Å².